The average Bonchev–Trinajstić information content (AvgIpc) is 3.30. The van der Waals surface area contributed by atoms with E-state index in [9.17, 15) is 9.59 Å². The second-order valence-corrected chi connectivity index (χ2v) is 6.74. The molecule has 1 heterocycles. The Morgan fingerprint density at radius 2 is 1.87 bits per heavy atom. The first-order valence-electron chi connectivity index (χ1n) is 8.38. The van der Waals surface area contributed by atoms with Gasteiger partial charge in [0.25, 0.3) is 0 Å². The van der Waals surface area contributed by atoms with Crippen LogP contribution in [0, 0.1) is 12.8 Å². The fourth-order valence-electron chi connectivity index (χ4n) is 3.21. The second-order valence-electron chi connectivity index (χ2n) is 6.74. The first kappa shape index (κ1) is 16.0. The van der Waals surface area contributed by atoms with E-state index in [0.717, 1.165) is 12.8 Å². The molecular weight excluding hydrogens is 290 g/mol. The van der Waals surface area contributed by atoms with E-state index in [1.54, 1.807) is 7.05 Å². The first-order valence-corrected chi connectivity index (χ1v) is 8.38. The number of nitrogens with zero attached hydrogens (tertiary/aromatic N) is 1. The number of amides is 2. The summed E-state index contributed by atoms with van der Waals surface area (Å²) in [5.74, 6) is 0.595. The van der Waals surface area contributed by atoms with E-state index in [4.69, 9.17) is 0 Å². The SMILES string of the molecule is CNCC(=O)N1CC(NC(=O)C2CC2)C(c2ccc(C)cc2)C1. The quantitative estimate of drug-likeness (QED) is 0.853. The largest absolute Gasteiger partial charge is 0.351 e. The van der Waals surface area contributed by atoms with E-state index >= 15 is 0 Å². The van der Waals surface area contributed by atoms with E-state index in [-0.39, 0.29) is 29.7 Å². The number of nitrogens with one attached hydrogen (secondary N) is 2. The second kappa shape index (κ2) is 6.71. The van der Waals surface area contributed by atoms with Gasteiger partial charge in [0.1, 0.15) is 0 Å². The van der Waals surface area contributed by atoms with Gasteiger partial charge in [-0.1, -0.05) is 29.8 Å². The molecule has 0 aromatic heterocycles. The summed E-state index contributed by atoms with van der Waals surface area (Å²) in [4.78, 5) is 26.2. The Hall–Kier alpha value is -1.88. The third kappa shape index (κ3) is 3.72. The van der Waals surface area contributed by atoms with E-state index < -0.39 is 0 Å². The molecule has 5 heteroatoms. The van der Waals surface area contributed by atoms with Crippen LogP contribution >= 0.6 is 0 Å². The summed E-state index contributed by atoms with van der Waals surface area (Å²) in [5, 5.41) is 6.09. The van der Waals surface area contributed by atoms with Gasteiger partial charge < -0.3 is 15.5 Å². The highest BCUT2D eigenvalue weighted by Crippen LogP contribution is 2.32. The number of benzene rings is 1. The summed E-state index contributed by atoms with van der Waals surface area (Å²) in [6.45, 7) is 3.66. The molecule has 2 unspecified atom stereocenters. The highest BCUT2D eigenvalue weighted by Gasteiger charge is 2.39. The number of rotatable bonds is 5. The normalized spacial score (nSPS) is 23.8. The van der Waals surface area contributed by atoms with Crippen molar-refractivity contribution in [1.82, 2.24) is 15.5 Å². The van der Waals surface area contributed by atoms with E-state index in [1.165, 1.54) is 11.1 Å². The van der Waals surface area contributed by atoms with Crippen molar-refractivity contribution >= 4 is 11.8 Å². The Morgan fingerprint density at radius 1 is 1.17 bits per heavy atom. The van der Waals surface area contributed by atoms with Crippen LogP contribution in [-0.4, -0.2) is 49.4 Å². The highest BCUT2D eigenvalue weighted by atomic mass is 16.2. The fourth-order valence-corrected chi connectivity index (χ4v) is 3.21. The summed E-state index contributed by atoms with van der Waals surface area (Å²) in [7, 11) is 1.78. The minimum Gasteiger partial charge on any atom is -0.351 e. The van der Waals surface area contributed by atoms with Gasteiger partial charge in [0.15, 0.2) is 0 Å². The lowest BCUT2D eigenvalue weighted by Crippen LogP contribution is -2.42. The topological polar surface area (TPSA) is 61.4 Å². The Balaban J connectivity index is 1.75. The molecule has 5 nitrogen and oxygen atoms in total. The van der Waals surface area contributed by atoms with Crippen molar-refractivity contribution < 1.29 is 9.59 Å². The van der Waals surface area contributed by atoms with Gasteiger partial charge in [-0.2, -0.15) is 0 Å². The molecule has 3 rings (SSSR count). The Labute approximate surface area is 137 Å². The molecule has 1 aromatic rings. The van der Waals surface area contributed by atoms with E-state index in [1.807, 2.05) is 4.90 Å². The van der Waals surface area contributed by atoms with E-state index in [2.05, 4.69) is 41.8 Å². The number of likely N-dealkylation sites (tertiary alicyclic amines) is 1. The third-order valence-electron chi connectivity index (χ3n) is 4.78. The molecule has 1 aliphatic heterocycles. The van der Waals surface area contributed by atoms with Gasteiger partial charge in [-0.3, -0.25) is 9.59 Å². The summed E-state index contributed by atoms with van der Waals surface area (Å²) in [5.41, 5.74) is 2.41. The molecule has 0 spiro atoms. The Kier molecular flexibility index (Phi) is 4.66. The smallest absolute Gasteiger partial charge is 0.236 e. The van der Waals surface area contributed by atoms with Gasteiger partial charge in [0.2, 0.25) is 11.8 Å². The number of carbonyl (C=O) groups is 2. The zero-order chi connectivity index (χ0) is 16.4. The molecule has 1 aromatic carbocycles. The highest BCUT2D eigenvalue weighted by molar-refractivity contribution is 5.82. The lowest BCUT2D eigenvalue weighted by atomic mass is 9.93. The molecule has 1 aliphatic carbocycles. The van der Waals surface area contributed by atoms with E-state index in [0.29, 0.717) is 19.6 Å². The molecule has 0 bridgehead atoms. The number of aryl methyl sites for hydroxylation is 1. The molecule has 2 aliphatic rings. The van der Waals surface area contributed by atoms with Crippen molar-refractivity contribution in [2.24, 2.45) is 5.92 Å². The lowest BCUT2D eigenvalue weighted by Gasteiger charge is -2.20. The maximum atomic E-state index is 12.2. The van der Waals surface area contributed by atoms with Crippen LogP contribution in [-0.2, 0) is 9.59 Å². The zero-order valence-corrected chi connectivity index (χ0v) is 13.8. The van der Waals surface area contributed by atoms with Crippen molar-refractivity contribution in [3.05, 3.63) is 35.4 Å². The fraction of sp³-hybridized carbons (Fsp3) is 0.556. The molecule has 23 heavy (non-hydrogen) atoms. The maximum absolute atomic E-state index is 12.2. The summed E-state index contributed by atoms with van der Waals surface area (Å²) < 4.78 is 0. The van der Waals surface area contributed by atoms with Crippen LogP contribution in [0.5, 0.6) is 0 Å². The molecule has 1 saturated heterocycles. The van der Waals surface area contributed by atoms with Crippen LogP contribution < -0.4 is 10.6 Å². The number of carbonyl (C=O) groups excluding carboxylic acids is 2. The minimum absolute atomic E-state index is 0.00612. The van der Waals surface area contributed by atoms with Crippen molar-refractivity contribution in [1.29, 1.82) is 0 Å². The van der Waals surface area contributed by atoms with Crippen LogP contribution in [0.15, 0.2) is 24.3 Å². The molecule has 2 fully saturated rings. The summed E-state index contributed by atoms with van der Waals surface area (Å²) >= 11 is 0. The third-order valence-corrected chi connectivity index (χ3v) is 4.78. The Morgan fingerprint density at radius 3 is 2.48 bits per heavy atom. The standard InChI is InChI=1S/C18H25N3O2/c1-12-3-5-13(6-4-12)15-10-21(17(22)9-19-2)11-16(15)20-18(23)14-7-8-14/h3-6,14-16,19H,7-11H2,1-2H3,(H,20,23). The number of likely N-dealkylation sites (N-methyl/N-ethyl adjacent to an activating group) is 1. The van der Waals surface area contributed by atoms with Gasteiger partial charge in [-0.25, -0.2) is 0 Å². The van der Waals surface area contributed by atoms with Crippen LogP contribution in [0.4, 0.5) is 0 Å². The molecule has 0 radical (unpaired) electrons. The zero-order valence-electron chi connectivity index (χ0n) is 13.8. The number of hydrogen-bond donors (Lipinski definition) is 2. The van der Waals surface area contributed by atoms with Crippen LogP contribution in [0.2, 0.25) is 0 Å². The molecule has 2 atom stereocenters. The van der Waals surface area contributed by atoms with Crippen molar-refractivity contribution in [3.8, 4) is 0 Å². The summed E-state index contributed by atoms with van der Waals surface area (Å²) in [6, 6.07) is 8.41. The molecule has 1 saturated carbocycles. The molecular formula is C18H25N3O2. The van der Waals surface area contributed by atoms with Crippen molar-refractivity contribution in [2.75, 3.05) is 26.7 Å². The van der Waals surface area contributed by atoms with Gasteiger partial charge >= 0.3 is 0 Å². The van der Waals surface area contributed by atoms with Gasteiger partial charge in [0.05, 0.1) is 12.6 Å². The number of hydrogen-bond acceptors (Lipinski definition) is 3. The van der Waals surface area contributed by atoms with Crippen molar-refractivity contribution in [2.45, 2.75) is 31.7 Å². The molecule has 124 valence electrons. The van der Waals surface area contributed by atoms with Crippen LogP contribution in [0.1, 0.15) is 29.9 Å². The van der Waals surface area contributed by atoms with Crippen molar-refractivity contribution in [3.63, 3.8) is 0 Å². The predicted octanol–water partition coefficient (Wildman–Crippen LogP) is 1.04. The van der Waals surface area contributed by atoms with Crippen LogP contribution in [0.25, 0.3) is 0 Å². The molecule has 2 amide bonds. The first-order chi connectivity index (χ1) is 11.1. The average molecular weight is 315 g/mol. The van der Waals surface area contributed by atoms with Gasteiger partial charge in [-0.15, -0.1) is 0 Å². The monoisotopic (exact) mass is 315 g/mol. The minimum atomic E-state index is 0.00612. The lowest BCUT2D eigenvalue weighted by molar-refractivity contribution is -0.129. The van der Waals surface area contributed by atoms with Gasteiger partial charge in [0, 0.05) is 24.9 Å². The predicted molar refractivity (Wildman–Crippen MR) is 89.1 cm³/mol. The summed E-state index contributed by atoms with van der Waals surface area (Å²) in [6.07, 6.45) is 1.99. The maximum Gasteiger partial charge on any atom is 0.236 e. The van der Waals surface area contributed by atoms with Gasteiger partial charge in [-0.05, 0) is 32.4 Å². The Bertz CT molecular complexity index is 580. The van der Waals surface area contributed by atoms with Crippen LogP contribution in [0.3, 0.4) is 0 Å². The molecule has 2 N–H and O–H groups in total.